The molecule has 0 saturated carbocycles. The van der Waals surface area contributed by atoms with Gasteiger partial charge in [0, 0.05) is 25.1 Å². The summed E-state index contributed by atoms with van der Waals surface area (Å²) in [7, 11) is 0. The van der Waals surface area contributed by atoms with E-state index in [2.05, 4.69) is 5.32 Å². The quantitative estimate of drug-likeness (QED) is 0.695. The summed E-state index contributed by atoms with van der Waals surface area (Å²) in [6, 6.07) is -1.13. The zero-order valence-electron chi connectivity index (χ0n) is 10.9. The fourth-order valence-corrected chi connectivity index (χ4v) is 2.43. The van der Waals surface area contributed by atoms with E-state index in [0.29, 0.717) is 0 Å². The van der Waals surface area contributed by atoms with Crippen LogP contribution in [0.15, 0.2) is 0 Å². The van der Waals surface area contributed by atoms with Crippen molar-refractivity contribution < 1.29 is 19.8 Å². The number of aliphatic hydroxyl groups excluding tert-OH is 1. The van der Waals surface area contributed by atoms with Crippen LogP contribution in [0.25, 0.3) is 0 Å². The lowest BCUT2D eigenvalue weighted by Crippen LogP contribution is -2.55. The molecule has 2 unspecified atom stereocenters. The Morgan fingerprint density at radius 3 is 2.33 bits per heavy atom. The summed E-state index contributed by atoms with van der Waals surface area (Å²) in [4.78, 5) is 24.7. The summed E-state index contributed by atoms with van der Waals surface area (Å²) >= 11 is 0. The van der Waals surface area contributed by atoms with E-state index in [1.165, 1.54) is 0 Å². The van der Waals surface area contributed by atoms with Gasteiger partial charge in [-0.1, -0.05) is 0 Å². The van der Waals surface area contributed by atoms with Gasteiger partial charge in [-0.05, 0) is 33.1 Å². The Morgan fingerprint density at radius 2 is 1.89 bits per heavy atom. The van der Waals surface area contributed by atoms with E-state index in [0.717, 1.165) is 19.3 Å². The standard InChI is InChI=1S/C12H22N2O4/c1-8-4-3-5-9(2)14(8)12(18)13-10(6-7-15)11(16)17/h8-10,15H,3-7H2,1-2H3,(H,13,18)(H,16,17)/t8?,9?,10-/m1/s1. The minimum absolute atomic E-state index is 0.0255. The molecule has 1 saturated heterocycles. The molecule has 0 aromatic heterocycles. The van der Waals surface area contributed by atoms with Crippen LogP contribution in [0.4, 0.5) is 4.79 Å². The SMILES string of the molecule is CC1CCCC(C)N1C(=O)N[C@H](CCO)C(=O)O. The number of carboxylic acids is 1. The molecule has 0 aliphatic carbocycles. The Labute approximate surface area is 107 Å². The Morgan fingerprint density at radius 1 is 1.33 bits per heavy atom. The first-order valence-electron chi connectivity index (χ1n) is 6.39. The number of hydrogen-bond acceptors (Lipinski definition) is 3. The number of amides is 2. The van der Waals surface area contributed by atoms with Gasteiger partial charge >= 0.3 is 12.0 Å². The van der Waals surface area contributed by atoms with Crippen LogP contribution in [-0.4, -0.2) is 51.8 Å². The van der Waals surface area contributed by atoms with Crippen molar-refractivity contribution in [3.63, 3.8) is 0 Å². The number of urea groups is 1. The van der Waals surface area contributed by atoms with E-state index < -0.39 is 12.0 Å². The van der Waals surface area contributed by atoms with E-state index in [1.807, 2.05) is 13.8 Å². The second-order valence-electron chi connectivity index (χ2n) is 4.89. The van der Waals surface area contributed by atoms with Gasteiger partial charge in [0.25, 0.3) is 0 Å². The van der Waals surface area contributed by atoms with Crippen LogP contribution < -0.4 is 5.32 Å². The van der Waals surface area contributed by atoms with Gasteiger partial charge in [-0.2, -0.15) is 0 Å². The number of nitrogens with one attached hydrogen (secondary N) is 1. The van der Waals surface area contributed by atoms with Crippen molar-refractivity contribution in [2.24, 2.45) is 0 Å². The van der Waals surface area contributed by atoms with E-state index in [-0.39, 0.29) is 31.1 Å². The molecule has 1 aliphatic rings. The molecule has 18 heavy (non-hydrogen) atoms. The molecule has 1 aliphatic heterocycles. The van der Waals surface area contributed by atoms with Gasteiger partial charge in [-0.3, -0.25) is 0 Å². The number of aliphatic carboxylic acids is 1. The molecule has 0 aromatic carbocycles. The smallest absolute Gasteiger partial charge is 0.326 e. The predicted octanol–water partition coefficient (Wildman–Crippen LogP) is 0.794. The van der Waals surface area contributed by atoms with Gasteiger partial charge in [-0.25, -0.2) is 9.59 Å². The highest BCUT2D eigenvalue weighted by molar-refractivity contribution is 5.82. The molecule has 0 radical (unpaired) electrons. The van der Waals surface area contributed by atoms with E-state index in [1.54, 1.807) is 4.90 Å². The minimum Gasteiger partial charge on any atom is -0.480 e. The van der Waals surface area contributed by atoms with Crippen LogP contribution in [0.3, 0.4) is 0 Å². The fourth-order valence-electron chi connectivity index (χ4n) is 2.43. The molecule has 0 spiro atoms. The summed E-state index contributed by atoms with van der Waals surface area (Å²) < 4.78 is 0. The van der Waals surface area contributed by atoms with Gasteiger partial charge in [0.05, 0.1) is 0 Å². The number of hydrogen-bond donors (Lipinski definition) is 3. The van der Waals surface area contributed by atoms with Crippen molar-refractivity contribution in [1.29, 1.82) is 0 Å². The maximum Gasteiger partial charge on any atom is 0.326 e. The van der Waals surface area contributed by atoms with Crippen molar-refractivity contribution in [1.82, 2.24) is 10.2 Å². The van der Waals surface area contributed by atoms with E-state index in [4.69, 9.17) is 10.2 Å². The zero-order valence-corrected chi connectivity index (χ0v) is 10.9. The number of rotatable bonds is 4. The van der Waals surface area contributed by atoms with Gasteiger partial charge < -0.3 is 20.4 Å². The normalized spacial score (nSPS) is 25.6. The lowest BCUT2D eigenvalue weighted by atomic mass is 9.98. The highest BCUT2D eigenvalue weighted by atomic mass is 16.4. The van der Waals surface area contributed by atoms with Crippen molar-refractivity contribution in [2.45, 2.75) is 57.7 Å². The third-order valence-electron chi connectivity index (χ3n) is 3.44. The highest BCUT2D eigenvalue weighted by Crippen LogP contribution is 2.22. The zero-order chi connectivity index (χ0) is 13.7. The second kappa shape index (κ2) is 6.58. The summed E-state index contributed by atoms with van der Waals surface area (Å²) in [5, 5.41) is 20.2. The number of carboxylic acid groups (broad SMARTS) is 1. The highest BCUT2D eigenvalue weighted by Gasteiger charge is 2.31. The van der Waals surface area contributed by atoms with Gasteiger partial charge in [0.2, 0.25) is 0 Å². The lowest BCUT2D eigenvalue weighted by Gasteiger charge is -2.39. The van der Waals surface area contributed by atoms with Crippen LogP contribution in [0.2, 0.25) is 0 Å². The molecule has 1 fully saturated rings. The van der Waals surface area contributed by atoms with Crippen molar-refractivity contribution in [3.05, 3.63) is 0 Å². The largest absolute Gasteiger partial charge is 0.480 e. The Balaban J connectivity index is 2.64. The first kappa shape index (κ1) is 14.8. The van der Waals surface area contributed by atoms with E-state index in [9.17, 15) is 9.59 Å². The van der Waals surface area contributed by atoms with Crippen molar-refractivity contribution >= 4 is 12.0 Å². The van der Waals surface area contributed by atoms with Gasteiger partial charge in [0.1, 0.15) is 6.04 Å². The third-order valence-corrected chi connectivity index (χ3v) is 3.44. The number of carbonyl (C=O) groups excluding carboxylic acids is 1. The van der Waals surface area contributed by atoms with Crippen LogP contribution >= 0.6 is 0 Å². The molecular formula is C12H22N2O4. The Hall–Kier alpha value is -1.30. The first-order chi connectivity index (χ1) is 8.47. The molecule has 1 heterocycles. The summed E-state index contributed by atoms with van der Waals surface area (Å²) in [6.45, 7) is 3.68. The number of nitrogens with zero attached hydrogens (tertiary/aromatic N) is 1. The second-order valence-corrected chi connectivity index (χ2v) is 4.89. The number of aliphatic hydroxyl groups is 1. The van der Waals surface area contributed by atoms with Crippen molar-refractivity contribution in [3.8, 4) is 0 Å². The summed E-state index contributed by atoms with van der Waals surface area (Å²) in [5.74, 6) is -1.12. The molecule has 104 valence electrons. The maximum absolute atomic E-state index is 12.1. The molecular weight excluding hydrogens is 236 g/mol. The summed E-state index contributed by atoms with van der Waals surface area (Å²) in [5.41, 5.74) is 0. The molecule has 0 bridgehead atoms. The molecule has 0 aromatic rings. The molecule has 3 N–H and O–H groups in total. The fraction of sp³-hybridized carbons (Fsp3) is 0.833. The molecule has 1 rings (SSSR count). The minimum atomic E-state index is -1.12. The van der Waals surface area contributed by atoms with Crippen molar-refractivity contribution in [2.75, 3.05) is 6.61 Å². The van der Waals surface area contributed by atoms with Gasteiger partial charge in [0.15, 0.2) is 0 Å². The molecule has 2 amide bonds. The molecule has 6 nitrogen and oxygen atoms in total. The van der Waals surface area contributed by atoms with Crippen LogP contribution in [-0.2, 0) is 4.79 Å². The summed E-state index contributed by atoms with van der Waals surface area (Å²) in [6.07, 6.45) is 2.99. The predicted molar refractivity (Wildman–Crippen MR) is 66.3 cm³/mol. The third kappa shape index (κ3) is 3.60. The van der Waals surface area contributed by atoms with Gasteiger partial charge in [-0.15, -0.1) is 0 Å². The monoisotopic (exact) mass is 258 g/mol. The Kier molecular flexibility index (Phi) is 5.40. The number of piperidine rings is 1. The first-order valence-corrected chi connectivity index (χ1v) is 6.39. The average molecular weight is 258 g/mol. The number of likely N-dealkylation sites (tertiary alicyclic amines) is 1. The lowest BCUT2D eigenvalue weighted by molar-refractivity contribution is -0.139. The molecule has 6 heteroatoms. The van der Waals surface area contributed by atoms with Crippen LogP contribution in [0.1, 0.15) is 39.5 Å². The van der Waals surface area contributed by atoms with E-state index >= 15 is 0 Å². The average Bonchev–Trinajstić information content (AvgIpc) is 2.28. The maximum atomic E-state index is 12.1. The molecule has 3 atom stereocenters. The topological polar surface area (TPSA) is 89.9 Å². The Bertz CT molecular complexity index is 298. The van der Waals surface area contributed by atoms with Crippen LogP contribution in [0, 0.1) is 0 Å². The number of carbonyl (C=O) groups is 2. The van der Waals surface area contributed by atoms with Crippen LogP contribution in [0.5, 0.6) is 0 Å².